The van der Waals surface area contributed by atoms with E-state index < -0.39 is 80.8 Å². The summed E-state index contributed by atoms with van der Waals surface area (Å²) >= 11 is 0. The lowest BCUT2D eigenvalue weighted by Crippen LogP contribution is -2.39. The molecule has 3 N–H and O–H groups in total. The maximum atomic E-state index is 12.3. The minimum absolute atomic E-state index is 0. The predicted octanol–water partition coefficient (Wildman–Crippen LogP) is 5.22. The Bertz CT molecular complexity index is 1480. The molecule has 0 amide bonds. The molecule has 0 aliphatic rings. The summed E-state index contributed by atoms with van der Waals surface area (Å²) in [6.07, 6.45) is -8.66. The van der Waals surface area contributed by atoms with Crippen molar-refractivity contribution in [2.24, 2.45) is 4.40 Å². The van der Waals surface area contributed by atoms with Crippen molar-refractivity contribution >= 4 is 52.7 Å². The molecular weight excluding hydrogens is 749 g/mol. The van der Waals surface area contributed by atoms with Gasteiger partial charge in [0.15, 0.2) is 0 Å². The molecule has 0 fully saturated rings. The summed E-state index contributed by atoms with van der Waals surface area (Å²) in [7, 11) is -4.84. The van der Waals surface area contributed by atoms with Gasteiger partial charge in [-0.1, -0.05) is 31.7 Å². The van der Waals surface area contributed by atoms with Gasteiger partial charge in [-0.05, 0) is 90.7 Å². The third kappa shape index (κ3) is 22.4. The van der Waals surface area contributed by atoms with Gasteiger partial charge in [0.05, 0.1) is 33.7 Å². The minimum atomic E-state index is -4.85. The highest BCUT2D eigenvalue weighted by molar-refractivity contribution is 7.85. The van der Waals surface area contributed by atoms with Gasteiger partial charge in [0.2, 0.25) is 0 Å². The molecule has 0 heterocycles. The van der Waals surface area contributed by atoms with Crippen LogP contribution in [0.2, 0.25) is 0 Å². The monoisotopic (exact) mass is 794 g/mol. The highest BCUT2D eigenvalue weighted by atomic mass is 32.2. The van der Waals surface area contributed by atoms with Gasteiger partial charge in [-0.3, -0.25) is 0 Å². The molecule has 0 radical (unpaired) electrons. The molecule has 296 valence electrons. The molecule has 0 aromatic heterocycles. The average Bonchev–Trinajstić information content (AvgIpc) is 2.97. The summed E-state index contributed by atoms with van der Waals surface area (Å²) in [5, 5.41) is 17.3. The largest absolute Gasteiger partial charge is 0.573 e. The highest BCUT2D eigenvalue weighted by Gasteiger charge is 2.33. The number of esters is 2. The Morgan fingerprint density at radius 2 is 1.31 bits per heavy atom. The van der Waals surface area contributed by atoms with Crippen LogP contribution in [0.3, 0.4) is 0 Å². The van der Waals surface area contributed by atoms with Gasteiger partial charge in [-0.2, -0.15) is 4.40 Å². The molecule has 0 spiro atoms. The van der Waals surface area contributed by atoms with Crippen LogP contribution < -0.4 is 19.7 Å². The van der Waals surface area contributed by atoms with E-state index in [4.69, 9.17) is 14.8 Å². The summed E-state index contributed by atoms with van der Waals surface area (Å²) in [6, 6.07) is 8.20. The second-order valence-corrected chi connectivity index (χ2v) is 15.6. The Hall–Kier alpha value is -3.53. The molecule has 52 heavy (non-hydrogen) atoms. The van der Waals surface area contributed by atoms with Gasteiger partial charge < -0.3 is 29.0 Å². The number of ether oxygens (including phenoxy) is 4. The lowest BCUT2D eigenvalue weighted by molar-refractivity contribution is -0.275. The Morgan fingerprint density at radius 1 is 0.827 bits per heavy atom. The quantitative estimate of drug-likeness (QED) is 0.119. The van der Waals surface area contributed by atoms with Crippen LogP contribution in [0.1, 0.15) is 74.4 Å². The maximum absolute atomic E-state index is 12.3. The molecule has 0 aliphatic carbocycles. The summed E-state index contributed by atoms with van der Waals surface area (Å²) in [5.41, 5.74) is 0.0968. The van der Waals surface area contributed by atoms with Gasteiger partial charge in [0.1, 0.15) is 34.7 Å². The highest BCUT2D eigenvalue weighted by Crippen LogP contribution is 2.27. The number of rotatable bonds is 11. The topological polar surface area (TPSA) is 170 Å². The lowest BCUT2D eigenvalue weighted by Gasteiger charge is -2.23. The van der Waals surface area contributed by atoms with Gasteiger partial charge in [-0.15, -0.1) is 26.3 Å². The zero-order valence-corrected chi connectivity index (χ0v) is 30.6. The van der Waals surface area contributed by atoms with Crippen LogP contribution in [0, 0.1) is 0 Å². The lowest BCUT2D eigenvalue weighted by atomic mass is 9.80. The van der Waals surface area contributed by atoms with Crippen molar-refractivity contribution in [3.05, 3.63) is 54.1 Å². The standard InChI is InChI=1S/C15H20F3NO4S.C8H15NO3S.C7H6BF3O3.CH4/c1-5-22-13(20)12(19-24(21)14(2,3)4)10-7-6-8-11(9-10)23-15(16,17)18;1-5-12-7(10)6-9-13(11)8(2,3)4;9-7(10,11)14-6-3-1-2-5(4-6)8(12)13;/h6-9,12,19H,5H2,1-4H3;6H,5H2,1-4H3;1-4,12-13H;1H4/t12-,24-;13-;;/m11../s1. The first-order chi connectivity index (χ1) is 23.2. The molecule has 0 aliphatic heterocycles. The van der Waals surface area contributed by atoms with Crippen LogP contribution in [0.4, 0.5) is 26.3 Å². The summed E-state index contributed by atoms with van der Waals surface area (Å²) < 4.78 is 118. The molecule has 0 saturated carbocycles. The number of halogens is 6. The van der Waals surface area contributed by atoms with E-state index in [0.717, 1.165) is 30.5 Å². The van der Waals surface area contributed by atoms with Crippen LogP contribution >= 0.6 is 0 Å². The minimum Gasteiger partial charge on any atom is -0.465 e. The van der Waals surface area contributed by atoms with E-state index in [2.05, 4.69) is 23.3 Å². The van der Waals surface area contributed by atoms with Crippen LogP contribution in [0.25, 0.3) is 0 Å². The van der Waals surface area contributed by atoms with Crippen LogP contribution in [-0.2, 0) is 41.0 Å². The van der Waals surface area contributed by atoms with E-state index in [0.29, 0.717) is 6.61 Å². The number of benzene rings is 2. The fourth-order valence-electron chi connectivity index (χ4n) is 2.95. The molecular formula is C31H45BF6N2O10S2. The summed E-state index contributed by atoms with van der Waals surface area (Å²) in [4.78, 5) is 22.9. The molecule has 2 rings (SSSR count). The molecule has 0 bridgehead atoms. The first-order valence-corrected chi connectivity index (χ1v) is 17.0. The van der Waals surface area contributed by atoms with Crippen LogP contribution in [0.5, 0.6) is 11.5 Å². The zero-order chi connectivity index (χ0) is 39.8. The maximum Gasteiger partial charge on any atom is 0.573 e. The number of nitrogens with zero attached hydrogens (tertiary/aromatic N) is 1. The molecule has 0 saturated heterocycles. The fourth-order valence-corrected chi connectivity index (χ4v) is 4.25. The van der Waals surface area contributed by atoms with Gasteiger partial charge >= 0.3 is 31.8 Å². The molecule has 3 atom stereocenters. The van der Waals surface area contributed by atoms with Crippen molar-refractivity contribution in [2.75, 3.05) is 13.2 Å². The van der Waals surface area contributed by atoms with Crippen molar-refractivity contribution in [3.63, 3.8) is 0 Å². The molecule has 2 aromatic carbocycles. The molecule has 0 unspecified atom stereocenters. The van der Waals surface area contributed by atoms with Gasteiger partial charge in [0, 0.05) is 0 Å². The number of hydrogen-bond acceptors (Lipinski definition) is 10. The molecule has 21 heteroatoms. The number of carbonyl (C=O) groups excluding carboxylic acids is 2. The van der Waals surface area contributed by atoms with Crippen molar-refractivity contribution in [1.82, 2.24) is 4.72 Å². The first kappa shape index (κ1) is 50.6. The average molecular weight is 795 g/mol. The number of nitrogens with one attached hydrogen (secondary N) is 1. The Balaban J connectivity index is 0. The number of alkyl halides is 6. The van der Waals surface area contributed by atoms with E-state index in [9.17, 15) is 44.3 Å². The number of carbonyl (C=O) groups is 2. The van der Waals surface area contributed by atoms with Crippen molar-refractivity contribution in [3.8, 4) is 11.5 Å². The van der Waals surface area contributed by atoms with Gasteiger partial charge in [0.25, 0.3) is 0 Å². The van der Waals surface area contributed by atoms with E-state index in [1.165, 1.54) is 24.3 Å². The van der Waals surface area contributed by atoms with Crippen molar-refractivity contribution in [1.29, 1.82) is 0 Å². The van der Waals surface area contributed by atoms with Crippen molar-refractivity contribution < 1.29 is 73.3 Å². The first-order valence-electron chi connectivity index (χ1n) is 14.7. The molecule has 12 nitrogen and oxygen atoms in total. The van der Waals surface area contributed by atoms with Crippen LogP contribution in [0.15, 0.2) is 52.9 Å². The van der Waals surface area contributed by atoms with E-state index in [1.807, 2.05) is 0 Å². The van der Waals surface area contributed by atoms with E-state index in [1.54, 1.807) is 55.4 Å². The van der Waals surface area contributed by atoms with Crippen molar-refractivity contribution in [2.45, 2.75) is 91.1 Å². The second-order valence-electron chi connectivity index (χ2n) is 11.6. The smallest absolute Gasteiger partial charge is 0.465 e. The summed E-state index contributed by atoms with van der Waals surface area (Å²) in [6.45, 7) is 14.1. The van der Waals surface area contributed by atoms with E-state index in [-0.39, 0.29) is 25.1 Å². The SMILES string of the molecule is C.CCOC(=O)C=N[S@](=O)C(C)(C)C.CCOC(=O)[C@H](N[S@](=O)C(C)(C)C)c1cccc(OC(F)(F)F)c1.OB(O)c1cccc(OC(F)(F)F)c1. The Morgan fingerprint density at radius 3 is 1.73 bits per heavy atom. The third-order valence-corrected chi connectivity index (χ3v) is 8.09. The van der Waals surface area contributed by atoms with Crippen LogP contribution in [-0.4, -0.2) is 79.2 Å². The predicted molar refractivity (Wildman–Crippen MR) is 186 cm³/mol. The van der Waals surface area contributed by atoms with E-state index >= 15 is 0 Å². The fraction of sp³-hybridized carbons (Fsp3) is 0.516. The number of hydrogen-bond donors (Lipinski definition) is 3. The Labute approximate surface area is 304 Å². The third-order valence-electron chi connectivity index (χ3n) is 5.18. The molecule has 2 aromatic rings. The summed E-state index contributed by atoms with van der Waals surface area (Å²) in [5.74, 6) is -2.25. The normalized spacial score (nSPS) is 13.5. The zero-order valence-electron chi connectivity index (χ0n) is 29.0. The Kier molecular flexibility index (Phi) is 21.9. The second kappa shape index (κ2) is 22.5. The van der Waals surface area contributed by atoms with Gasteiger partial charge in [-0.25, -0.2) is 22.7 Å².